The molecule has 0 bridgehead atoms. The van der Waals surface area contributed by atoms with E-state index in [9.17, 15) is 13.2 Å². The summed E-state index contributed by atoms with van der Waals surface area (Å²) in [6, 6.07) is 7.77. The van der Waals surface area contributed by atoms with Gasteiger partial charge in [-0.1, -0.05) is 12.1 Å². The third kappa shape index (κ3) is 4.35. The Labute approximate surface area is 140 Å². The highest BCUT2D eigenvalue weighted by atomic mass is 32.1. The molecular weight excluding hydrogens is 339 g/mol. The number of thiazole rings is 1. The quantitative estimate of drug-likeness (QED) is 0.680. The maximum Gasteiger partial charge on any atom is 0.573 e. The number of halogens is 3. The fraction of sp³-hybridized carbons (Fsp3) is 0.250. The van der Waals surface area contributed by atoms with Crippen LogP contribution in [0.4, 0.5) is 13.2 Å². The van der Waals surface area contributed by atoms with Crippen LogP contribution in [0.5, 0.6) is 5.75 Å². The molecule has 2 heterocycles. The van der Waals surface area contributed by atoms with Crippen molar-refractivity contribution in [3.63, 3.8) is 0 Å². The number of aromatic nitrogens is 3. The van der Waals surface area contributed by atoms with E-state index >= 15 is 0 Å². The van der Waals surface area contributed by atoms with Gasteiger partial charge in [-0.25, -0.2) is 4.98 Å². The van der Waals surface area contributed by atoms with E-state index in [2.05, 4.69) is 14.8 Å². The SMILES string of the molecule is Cc1csc(-c2ccn(CCc3ccc(OC(F)(F)F)cc3)n2)n1. The van der Waals surface area contributed by atoms with Crippen LogP contribution in [0.25, 0.3) is 10.7 Å². The van der Waals surface area contributed by atoms with Crippen LogP contribution >= 0.6 is 11.3 Å². The summed E-state index contributed by atoms with van der Waals surface area (Å²) in [4.78, 5) is 4.39. The molecule has 1 aromatic carbocycles. The molecule has 4 nitrogen and oxygen atoms in total. The molecule has 126 valence electrons. The lowest BCUT2D eigenvalue weighted by atomic mass is 10.1. The molecule has 3 rings (SSSR count). The van der Waals surface area contributed by atoms with Gasteiger partial charge < -0.3 is 4.74 Å². The molecule has 0 unspecified atom stereocenters. The molecular formula is C16H14F3N3OS. The highest BCUT2D eigenvalue weighted by Crippen LogP contribution is 2.23. The predicted octanol–water partition coefficient (Wildman–Crippen LogP) is 4.46. The van der Waals surface area contributed by atoms with Crippen LogP contribution in [0.1, 0.15) is 11.3 Å². The summed E-state index contributed by atoms with van der Waals surface area (Å²) in [5, 5.41) is 7.31. The van der Waals surface area contributed by atoms with Gasteiger partial charge >= 0.3 is 6.36 Å². The number of aryl methyl sites for hydroxylation is 3. The third-order valence-corrected chi connectivity index (χ3v) is 4.25. The molecule has 2 aromatic heterocycles. The highest BCUT2D eigenvalue weighted by Gasteiger charge is 2.30. The van der Waals surface area contributed by atoms with Gasteiger partial charge in [-0.3, -0.25) is 4.68 Å². The second-order valence-corrected chi connectivity index (χ2v) is 6.06. The van der Waals surface area contributed by atoms with Gasteiger partial charge in [0.15, 0.2) is 0 Å². The van der Waals surface area contributed by atoms with Gasteiger partial charge in [-0.2, -0.15) is 5.10 Å². The minimum atomic E-state index is -4.67. The number of hydrogen-bond acceptors (Lipinski definition) is 4. The van der Waals surface area contributed by atoms with E-state index in [0.717, 1.165) is 22.0 Å². The Morgan fingerprint density at radius 3 is 2.54 bits per heavy atom. The largest absolute Gasteiger partial charge is 0.573 e. The molecule has 24 heavy (non-hydrogen) atoms. The van der Waals surface area contributed by atoms with E-state index in [1.54, 1.807) is 28.2 Å². The van der Waals surface area contributed by atoms with E-state index in [0.29, 0.717) is 13.0 Å². The fourth-order valence-corrected chi connectivity index (χ4v) is 2.93. The second-order valence-electron chi connectivity index (χ2n) is 5.20. The summed E-state index contributed by atoms with van der Waals surface area (Å²) >= 11 is 1.54. The maximum atomic E-state index is 12.1. The van der Waals surface area contributed by atoms with Crippen molar-refractivity contribution in [1.29, 1.82) is 0 Å². The summed E-state index contributed by atoms with van der Waals surface area (Å²) < 4.78 is 42.0. The molecule has 0 spiro atoms. The topological polar surface area (TPSA) is 39.9 Å². The van der Waals surface area contributed by atoms with Gasteiger partial charge in [0.05, 0.1) is 0 Å². The molecule has 0 saturated heterocycles. The first-order chi connectivity index (χ1) is 11.4. The molecule has 0 aliphatic rings. The van der Waals surface area contributed by atoms with Crippen LogP contribution < -0.4 is 4.74 Å². The Bertz CT molecular complexity index is 809. The summed E-state index contributed by atoms with van der Waals surface area (Å²) in [6.07, 6.45) is -2.14. The van der Waals surface area contributed by atoms with Gasteiger partial charge in [0.1, 0.15) is 16.5 Å². The van der Waals surface area contributed by atoms with E-state index in [1.807, 2.05) is 24.6 Å². The van der Waals surface area contributed by atoms with Crippen molar-refractivity contribution in [2.45, 2.75) is 26.3 Å². The monoisotopic (exact) mass is 353 g/mol. The van der Waals surface area contributed by atoms with Crippen molar-refractivity contribution in [3.05, 3.63) is 53.2 Å². The van der Waals surface area contributed by atoms with Gasteiger partial charge in [0.2, 0.25) is 0 Å². The molecule has 8 heteroatoms. The van der Waals surface area contributed by atoms with E-state index in [-0.39, 0.29) is 5.75 Å². The first kappa shape index (κ1) is 16.5. The molecule has 0 aliphatic carbocycles. The molecule has 0 atom stereocenters. The van der Waals surface area contributed by atoms with Crippen LogP contribution in [0.15, 0.2) is 41.9 Å². The number of rotatable bonds is 5. The van der Waals surface area contributed by atoms with Crippen molar-refractivity contribution in [2.75, 3.05) is 0 Å². The third-order valence-electron chi connectivity index (χ3n) is 3.27. The number of ether oxygens (including phenoxy) is 1. The Hall–Kier alpha value is -2.35. The zero-order chi connectivity index (χ0) is 17.2. The average Bonchev–Trinajstić information content (AvgIpc) is 3.14. The second kappa shape index (κ2) is 6.64. The zero-order valence-electron chi connectivity index (χ0n) is 12.7. The van der Waals surface area contributed by atoms with E-state index < -0.39 is 6.36 Å². The summed E-state index contributed by atoms with van der Waals surface area (Å²) in [7, 11) is 0. The van der Waals surface area contributed by atoms with Crippen LogP contribution in [0, 0.1) is 6.92 Å². The van der Waals surface area contributed by atoms with Crippen molar-refractivity contribution in [3.8, 4) is 16.5 Å². The summed E-state index contributed by atoms with van der Waals surface area (Å²) in [5.74, 6) is -0.216. The van der Waals surface area contributed by atoms with Crippen LogP contribution in [-0.2, 0) is 13.0 Å². The molecule has 0 amide bonds. The first-order valence-corrected chi connectivity index (χ1v) is 8.08. The molecule has 0 aliphatic heterocycles. The van der Waals surface area contributed by atoms with E-state index in [1.165, 1.54) is 12.1 Å². The van der Waals surface area contributed by atoms with Crippen molar-refractivity contribution in [1.82, 2.24) is 14.8 Å². The Balaban J connectivity index is 1.59. The summed E-state index contributed by atoms with van der Waals surface area (Å²) in [5.41, 5.74) is 2.69. The number of benzene rings is 1. The van der Waals surface area contributed by atoms with Crippen molar-refractivity contribution >= 4 is 11.3 Å². The normalized spacial score (nSPS) is 11.7. The van der Waals surface area contributed by atoms with Crippen molar-refractivity contribution in [2.24, 2.45) is 0 Å². The number of hydrogen-bond donors (Lipinski definition) is 0. The van der Waals surface area contributed by atoms with Gasteiger partial charge in [0.25, 0.3) is 0 Å². The Morgan fingerprint density at radius 1 is 1.17 bits per heavy atom. The van der Waals surface area contributed by atoms with E-state index in [4.69, 9.17) is 0 Å². The Kier molecular flexibility index (Phi) is 4.57. The molecule has 0 saturated carbocycles. The number of nitrogens with zero attached hydrogens (tertiary/aromatic N) is 3. The van der Waals surface area contributed by atoms with Gasteiger partial charge in [0, 0.05) is 23.8 Å². The van der Waals surface area contributed by atoms with Crippen LogP contribution in [0.3, 0.4) is 0 Å². The summed E-state index contributed by atoms with van der Waals surface area (Å²) in [6.45, 7) is 2.56. The maximum absolute atomic E-state index is 12.1. The smallest absolute Gasteiger partial charge is 0.406 e. The lowest BCUT2D eigenvalue weighted by Gasteiger charge is -2.09. The average molecular weight is 353 g/mol. The lowest BCUT2D eigenvalue weighted by molar-refractivity contribution is -0.274. The molecule has 3 aromatic rings. The van der Waals surface area contributed by atoms with Crippen LogP contribution in [0.2, 0.25) is 0 Å². The molecule has 0 fully saturated rings. The van der Waals surface area contributed by atoms with Crippen molar-refractivity contribution < 1.29 is 17.9 Å². The molecule has 0 N–H and O–H groups in total. The number of alkyl halides is 3. The lowest BCUT2D eigenvalue weighted by Crippen LogP contribution is -2.17. The molecule has 0 radical (unpaired) electrons. The van der Waals surface area contributed by atoms with Crippen LogP contribution in [-0.4, -0.2) is 21.1 Å². The highest BCUT2D eigenvalue weighted by molar-refractivity contribution is 7.13. The minimum absolute atomic E-state index is 0.216. The standard InChI is InChI=1S/C16H14F3N3OS/c1-11-10-24-15(20-11)14-7-9-22(21-14)8-6-12-2-4-13(5-3-12)23-16(17,18)19/h2-5,7,9-10H,6,8H2,1H3. The van der Waals surface area contributed by atoms with Gasteiger partial charge in [-0.05, 0) is 37.1 Å². The predicted molar refractivity (Wildman–Crippen MR) is 84.9 cm³/mol. The van der Waals surface area contributed by atoms with Gasteiger partial charge in [-0.15, -0.1) is 24.5 Å². The minimum Gasteiger partial charge on any atom is -0.406 e. The zero-order valence-corrected chi connectivity index (χ0v) is 13.6. The first-order valence-electron chi connectivity index (χ1n) is 7.20. The fourth-order valence-electron chi connectivity index (χ4n) is 2.17. The Morgan fingerprint density at radius 2 is 1.92 bits per heavy atom.